The molecule has 0 spiro atoms. The molecule has 0 unspecified atom stereocenters. The van der Waals surface area contributed by atoms with E-state index in [1.165, 1.54) is 27.3 Å². The zero-order valence-electron chi connectivity index (χ0n) is 47.9. The van der Waals surface area contributed by atoms with Crippen LogP contribution in [0.5, 0.6) is 0 Å². The third kappa shape index (κ3) is 15.7. The fourth-order valence-corrected chi connectivity index (χ4v) is 11.8. The van der Waals surface area contributed by atoms with Gasteiger partial charge in [-0.15, -0.1) is 0 Å². The summed E-state index contributed by atoms with van der Waals surface area (Å²) in [5.74, 6) is -2.95. The number of aliphatic hydroxyl groups excluding tert-OH is 3. The van der Waals surface area contributed by atoms with E-state index in [9.17, 15) is 39.9 Å². The van der Waals surface area contributed by atoms with Crippen molar-refractivity contribution in [3.8, 4) is 0 Å². The van der Waals surface area contributed by atoms with Crippen LogP contribution in [0.25, 0.3) is 5.57 Å². The number of halogens is 1. The second-order valence-corrected chi connectivity index (χ2v) is 23.0. The number of likely N-dealkylation sites (N-methyl/N-ethyl adjacent to an activating group) is 2. The standard InChI is InChI=1S/C56H93FN6O14/c1-15-44-56(10,69)49(65)36(6)62(12)30-32(2)26-54(8,68)51(34(4)47(35(5)52(67)75-44)76-45-27-55(9,72-14)50(66)37(7)74-45)77-53-46(64)43(25-33(3)73-53)61(11)24-22-41(60-58)29-59-42(28-57)48(71-13)39-20-18-38(19-21-39)40-17-16-23-63(70)31-40/h16-21,23,29,32-37,42-51,53,58-59,64-66,68-70H,15,22,24-28,30-31H2,1-14H3/b41-29-,60-58?/t32-,33-,34+,35-,36-,37+,42-,43+,44-,45+,46-,47+,48-,49-,50+,51-,53+,54-,55-,56-/m1/s1. The smallest absolute Gasteiger partial charge is 0.311 e. The average molecular weight is 1090 g/mol. The summed E-state index contributed by atoms with van der Waals surface area (Å²) in [5, 5.41) is 77.7. The Balaban J connectivity index is 1.41. The number of nitrogens with one attached hydrogen (secondary N) is 2. The van der Waals surface area contributed by atoms with Crippen LogP contribution in [0.4, 0.5) is 4.39 Å². The molecule has 4 aliphatic rings. The van der Waals surface area contributed by atoms with Crippen LogP contribution in [0.1, 0.15) is 119 Å². The Morgan fingerprint density at radius 3 is 2.30 bits per heavy atom. The maximum atomic E-state index is 14.7. The summed E-state index contributed by atoms with van der Waals surface area (Å²) >= 11 is 0. The van der Waals surface area contributed by atoms with Crippen LogP contribution >= 0.6 is 0 Å². The van der Waals surface area contributed by atoms with Crippen LogP contribution in [-0.2, 0) is 38.0 Å². The minimum atomic E-state index is -1.86. The lowest BCUT2D eigenvalue weighted by molar-refractivity contribution is -0.318. The van der Waals surface area contributed by atoms with E-state index in [0.29, 0.717) is 31.8 Å². The van der Waals surface area contributed by atoms with E-state index in [0.717, 1.165) is 21.8 Å². The molecule has 0 amide bonds. The van der Waals surface area contributed by atoms with E-state index in [4.69, 9.17) is 38.7 Å². The van der Waals surface area contributed by atoms with Crippen molar-refractivity contribution in [3.63, 3.8) is 0 Å². The zero-order valence-corrected chi connectivity index (χ0v) is 47.9. The molecule has 20 atom stereocenters. The van der Waals surface area contributed by atoms with Crippen LogP contribution in [-0.4, -0.2) is 203 Å². The Morgan fingerprint density at radius 1 is 1.03 bits per heavy atom. The summed E-state index contributed by atoms with van der Waals surface area (Å²) in [6.07, 6.45) is -3.50. The van der Waals surface area contributed by atoms with E-state index >= 15 is 0 Å². The third-order valence-corrected chi connectivity index (χ3v) is 16.7. The van der Waals surface area contributed by atoms with Crippen molar-refractivity contribution >= 4 is 11.5 Å². The van der Waals surface area contributed by atoms with Crippen molar-refractivity contribution in [2.75, 3.05) is 54.6 Å². The Kier molecular flexibility index (Phi) is 23.2. The highest BCUT2D eigenvalue weighted by Crippen LogP contribution is 2.40. The summed E-state index contributed by atoms with van der Waals surface area (Å²) in [6.45, 7) is 17.5. The Morgan fingerprint density at radius 2 is 1.70 bits per heavy atom. The number of hydrogen-bond donors (Lipinski definition) is 8. The maximum Gasteiger partial charge on any atom is 0.311 e. The second kappa shape index (κ2) is 27.8. The molecule has 8 N–H and O–H groups in total. The number of ether oxygens (including phenoxy) is 7. The van der Waals surface area contributed by atoms with Crippen molar-refractivity contribution in [2.24, 2.45) is 22.9 Å². The molecule has 0 saturated carbocycles. The molecular weight excluding hydrogens is 1000 g/mol. The highest BCUT2D eigenvalue weighted by atomic mass is 19.1. The lowest BCUT2D eigenvalue weighted by Gasteiger charge is -2.49. The summed E-state index contributed by atoms with van der Waals surface area (Å²) in [4.78, 5) is 18.3. The molecule has 0 aliphatic carbocycles. The molecule has 3 fully saturated rings. The fourth-order valence-electron chi connectivity index (χ4n) is 11.8. The third-order valence-electron chi connectivity index (χ3n) is 16.7. The molecule has 5 rings (SSSR count). The first-order chi connectivity index (χ1) is 36.2. The second-order valence-electron chi connectivity index (χ2n) is 23.0. The molecule has 1 aromatic rings. The topological polar surface area (TPSA) is 261 Å². The Hall–Kier alpha value is -3.52. The number of hydrogen-bond acceptors (Lipinski definition) is 20. The predicted octanol–water partition coefficient (Wildman–Crippen LogP) is 5.45. The van der Waals surface area contributed by atoms with Gasteiger partial charge < -0.3 is 73.8 Å². The van der Waals surface area contributed by atoms with Crippen molar-refractivity contribution in [1.29, 1.82) is 5.53 Å². The first kappa shape index (κ1) is 64.3. The number of hydroxylamine groups is 2. The number of aliphatic hydroxyl groups is 5. The first-order valence-corrected chi connectivity index (χ1v) is 27.3. The molecular formula is C56H93FN6O14. The number of esters is 1. The van der Waals surface area contributed by atoms with Gasteiger partial charge in [0.1, 0.15) is 42.8 Å². The van der Waals surface area contributed by atoms with Gasteiger partial charge in [0, 0.05) is 70.6 Å². The number of carbonyl (C=O) groups excluding carboxylic acids is 1. The van der Waals surface area contributed by atoms with Gasteiger partial charge in [0.25, 0.3) is 0 Å². The van der Waals surface area contributed by atoms with Gasteiger partial charge in [-0.3, -0.25) is 15.1 Å². The number of nitrogens with zero attached hydrogens (tertiary/aromatic N) is 4. The van der Waals surface area contributed by atoms with Gasteiger partial charge in [0.05, 0.1) is 59.8 Å². The average Bonchev–Trinajstić information content (AvgIpc) is 3.39. The maximum absolute atomic E-state index is 14.7. The molecule has 21 heteroatoms. The zero-order chi connectivity index (χ0) is 57.3. The number of benzene rings is 1. The van der Waals surface area contributed by atoms with Gasteiger partial charge in [0.15, 0.2) is 12.6 Å². The van der Waals surface area contributed by atoms with Crippen LogP contribution in [0.3, 0.4) is 0 Å². The molecule has 0 aromatic heterocycles. The van der Waals surface area contributed by atoms with Crippen molar-refractivity contribution in [1.82, 2.24) is 20.2 Å². The number of rotatable bonds is 18. The van der Waals surface area contributed by atoms with Crippen LogP contribution in [0.2, 0.25) is 0 Å². The quantitative estimate of drug-likeness (QED) is 0.0671. The molecule has 77 heavy (non-hydrogen) atoms. The number of carbonyl (C=O) groups is 1. The lowest BCUT2D eigenvalue weighted by atomic mass is 9.77. The van der Waals surface area contributed by atoms with Gasteiger partial charge in [-0.1, -0.05) is 51.1 Å². The molecule has 438 valence electrons. The number of methoxy groups -OCH3 is 2. The molecule has 3 saturated heterocycles. The highest BCUT2D eigenvalue weighted by Gasteiger charge is 2.53. The van der Waals surface area contributed by atoms with Crippen molar-refractivity contribution < 1.29 is 73.1 Å². The monoisotopic (exact) mass is 1090 g/mol. The Bertz CT molecular complexity index is 2140. The molecule has 1 aromatic carbocycles. The van der Waals surface area contributed by atoms with E-state index < -0.39 is 127 Å². The van der Waals surface area contributed by atoms with Crippen molar-refractivity contribution in [2.45, 2.75) is 204 Å². The van der Waals surface area contributed by atoms with Crippen LogP contribution < -0.4 is 5.32 Å². The molecule has 4 heterocycles. The number of allylic oxidation sites excluding steroid dienone is 2. The predicted molar refractivity (Wildman–Crippen MR) is 286 cm³/mol. The van der Waals surface area contributed by atoms with Gasteiger partial charge in [-0.05, 0) is 111 Å². The van der Waals surface area contributed by atoms with E-state index in [2.05, 4.69) is 10.4 Å². The summed E-state index contributed by atoms with van der Waals surface area (Å²) in [7, 11) is 6.63. The summed E-state index contributed by atoms with van der Waals surface area (Å²) in [5.41, 5.74) is 6.24. The molecule has 20 nitrogen and oxygen atoms in total. The summed E-state index contributed by atoms with van der Waals surface area (Å²) in [6, 6.07) is 5.52. The SMILES string of the molecule is CC[C@H]1OC(=O)[C@H](C)[C@@H](O[C@H]2C[C@@](C)(OC)[C@@H](O)[C@H](C)O2)[C@H](C)[C@@H](O[C@@H]2O[C@H](C)C[C@H](N(C)CC/C(=C/N[C@H](CF)[C@H](OC)c3ccc(C4=CC=CN(O)C4)cc3)N=N)[C@H]2O)[C@](C)(O)C[C@@H](C)CN(C)[C@H](C)[C@@H](O)[C@]1(C)O. The van der Waals surface area contributed by atoms with Gasteiger partial charge in [0.2, 0.25) is 0 Å². The van der Waals surface area contributed by atoms with Crippen LogP contribution in [0, 0.1) is 23.3 Å². The molecule has 4 aliphatic heterocycles. The fraction of sp³-hybridized carbons (Fsp3) is 0.768. The van der Waals surface area contributed by atoms with Gasteiger partial charge >= 0.3 is 5.97 Å². The lowest BCUT2D eigenvalue weighted by Crippen LogP contribution is -2.60. The van der Waals surface area contributed by atoms with Gasteiger partial charge in [-0.25, -0.2) is 9.92 Å². The van der Waals surface area contributed by atoms with Gasteiger partial charge in [-0.2, -0.15) is 5.11 Å². The van der Waals surface area contributed by atoms with E-state index in [1.54, 1.807) is 60.7 Å². The minimum Gasteiger partial charge on any atom is -0.459 e. The largest absolute Gasteiger partial charge is 0.459 e. The highest BCUT2D eigenvalue weighted by molar-refractivity contribution is 5.73. The molecule has 0 bridgehead atoms. The number of alkyl halides is 1. The number of cyclic esters (lactones) is 1. The van der Waals surface area contributed by atoms with E-state index in [1.807, 2.05) is 68.1 Å². The minimum absolute atomic E-state index is 0.0698. The van der Waals surface area contributed by atoms with E-state index in [-0.39, 0.29) is 31.6 Å². The van der Waals surface area contributed by atoms with Crippen molar-refractivity contribution in [3.05, 3.63) is 65.6 Å². The normalized spacial score (nSPS) is 39.3. The van der Waals surface area contributed by atoms with Crippen LogP contribution in [0.15, 0.2) is 59.6 Å². The Labute approximate surface area is 455 Å². The first-order valence-electron chi connectivity index (χ1n) is 27.3. The molecule has 0 radical (unpaired) electrons. The summed E-state index contributed by atoms with van der Waals surface area (Å²) < 4.78 is 58.8.